The number of aromatic nitrogens is 3. The zero-order valence-corrected chi connectivity index (χ0v) is 15.4. The Morgan fingerprint density at radius 1 is 1.36 bits per heavy atom. The summed E-state index contributed by atoms with van der Waals surface area (Å²) in [5.41, 5.74) is 1.07. The van der Waals surface area contributed by atoms with Gasteiger partial charge in [-0.2, -0.15) is 9.67 Å². The number of nitrogens with zero attached hydrogens (tertiary/aromatic N) is 5. The molecule has 10 heteroatoms. The Morgan fingerprint density at radius 2 is 2.04 bits per heavy atom. The molecule has 0 aliphatic carbocycles. The molecule has 2 aromatic rings. The highest BCUT2D eigenvalue weighted by molar-refractivity contribution is 7.80. The summed E-state index contributed by atoms with van der Waals surface area (Å²) in [5, 5.41) is 10.2. The molecule has 1 aromatic heterocycles. The second-order valence-corrected chi connectivity index (χ2v) is 6.42. The van der Waals surface area contributed by atoms with Crippen molar-refractivity contribution in [3.05, 3.63) is 34.9 Å². The SMILES string of the molecule is CN(N)C(=S)n1nc(N2CCOCC2)nc1NCc1ccc(Cl)cc1. The van der Waals surface area contributed by atoms with E-state index in [4.69, 9.17) is 34.4 Å². The predicted molar refractivity (Wildman–Crippen MR) is 102 cm³/mol. The molecule has 0 radical (unpaired) electrons. The molecule has 25 heavy (non-hydrogen) atoms. The first-order chi connectivity index (χ1) is 12.0. The number of hydrogen-bond donors (Lipinski definition) is 2. The van der Waals surface area contributed by atoms with Crippen molar-refractivity contribution in [1.82, 2.24) is 19.8 Å². The van der Waals surface area contributed by atoms with E-state index in [2.05, 4.69) is 20.3 Å². The van der Waals surface area contributed by atoms with Crippen LogP contribution in [-0.2, 0) is 11.3 Å². The van der Waals surface area contributed by atoms with Gasteiger partial charge in [-0.1, -0.05) is 23.7 Å². The minimum atomic E-state index is 0.352. The van der Waals surface area contributed by atoms with E-state index in [1.807, 2.05) is 24.3 Å². The number of anilines is 2. The Morgan fingerprint density at radius 3 is 2.68 bits per heavy atom. The van der Waals surface area contributed by atoms with Crippen LogP contribution in [0.1, 0.15) is 5.56 Å². The van der Waals surface area contributed by atoms with Crippen LogP contribution >= 0.6 is 23.8 Å². The largest absolute Gasteiger partial charge is 0.378 e. The zero-order chi connectivity index (χ0) is 17.8. The van der Waals surface area contributed by atoms with Gasteiger partial charge in [0.1, 0.15) is 0 Å². The number of morpholine rings is 1. The first-order valence-corrected chi connectivity index (χ1v) is 8.64. The van der Waals surface area contributed by atoms with Crippen LogP contribution in [0.3, 0.4) is 0 Å². The van der Waals surface area contributed by atoms with Crippen molar-refractivity contribution in [2.75, 3.05) is 43.6 Å². The van der Waals surface area contributed by atoms with Crippen LogP contribution in [0.25, 0.3) is 0 Å². The molecule has 0 unspecified atom stereocenters. The number of rotatable bonds is 4. The van der Waals surface area contributed by atoms with Crippen molar-refractivity contribution in [2.24, 2.45) is 5.84 Å². The average molecular weight is 382 g/mol. The first kappa shape index (κ1) is 17.9. The van der Waals surface area contributed by atoms with Gasteiger partial charge in [-0.05, 0) is 29.9 Å². The highest BCUT2D eigenvalue weighted by atomic mass is 35.5. The number of ether oxygens (including phenoxy) is 1. The summed E-state index contributed by atoms with van der Waals surface area (Å²) in [6.07, 6.45) is 0. The number of nitrogens with one attached hydrogen (secondary N) is 1. The van der Waals surface area contributed by atoms with E-state index >= 15 is 0 Å². The van der Waals surface area contributed by atoms with Crippen molar-refractivity contribution in [3.8, 4) is 0 Å². The molecule has 1 aliphatic heterocycles. The van der Waals surface area contributed by atoms with E-state index in [0.29, 0.717) is 41.8 Å². The Kier molecular flexibility index (Phi) is 5.69. The van der Waals surface area contributed by atoms with E-state index in [-0.39, 0.29) is 0 Å². The summed E-state index contributed by atoms with van der Waals surface area (Å²) in [6.45, 7) is 3.36. The minimum absolute atomic E-state index is 0.352. The molecule has 0 saturated carbocycles. The lowest BCUT2D eigenvalue weighted by Gasteiger charge is -2.25. The number of halogens is 1. The lowest BCUT2D eigenvalue weighted by atomic mass is 10.2. The minimum Gasteiger partial charge on any atom is -0.378 e. The van der Waals surface area contributed by atoms with Crippen LogP contribution in [0.4, 0.5) is 11.9 Å². The number of thiocarbonyl (C=S) groups is 1. The normalized spacial score (nSPS) is 14.4. The molecule has 2 heterocycles. The molecule has 0 amide bonds. The van der Waals surface area contributed by atoms with Gasteiger partial charge in [-0.15, -0.1) is 5.10 Å². The van der Waals surface area contributed by atoms with E-state index in [1.54, 1.807) is 7.05 Å². The Hall–Kier alpha value is -1.94. The van der Waals surface area contributed by atoms with Gasteiger partial charge < -0.3 is 15.0 Å². The molecule has 0 spiro atoms. The summed E-state index contributed by atoms with van der Waals surface area (Å²) in [5.74, 6) is 6.92. The van der Waals surface area contributed by atoms with Gasteiger partial charge in [-0.3, -0.25) is 5.01 Å². The van der Waals surface area contributed by atoms with Crippen LogP contribution < -0.4 is 16.1 Å². The van der Waals surface area contributed by atoms with Crippen LogP contribution in [0.5, 0.6) is 0 Å². The number of hydrogen-bond acceptors (Lipinski definition) is 7. The fourth-order valence-electron chi connectivity index (χ4n) is 2.38. The fourth-order valence-corrected chi connectivity index (χ4v) is 2.63. The Bertz CT molecular complexity index is 728. The predicted octanol–water partition coefficient (Wildman–Crippen LogP) is 1.32. The van der Waals surface area contributed by atoms with Crippen molar-refractivity contribution in [1.29, 1.82) is 0 Å². The van der Waals surface area contributed by atoms with Gasteiger partial charge in [0.25, 0.3) is 0 Å². The molecule has 3 rings (SSSR count). The maximum atomic E-state index is 5.92. The van der Waals surface area contributed by atoms with E-state index < -0.39 is 0 Å². The Balaban J connectivity index is 1.80. The highest BCUT2D eigenvalue weighted by Crippen LogP contribution is 2.17. The molecule has 0 bridgehead atoms. The third kappa shape index (κ3) is 4.37. The fraction of sp³-hybridized carbons (Fsp3) is 0.400. The number of benzene rings is 1. The van der Waals surface area contributed by atoms with Gasteiger partial charge in [0.2, 0.25) is 17.0 Å². The molecule has 3 N–H and O–H groups in total. The molecular weight excluding hydrogens is 362 g/mol. The highest BCUT2D eigenvalue weighted by Gasteiger charge is 2.20. The van der Waals surface area contributed by atoms with Gasteiger partial charge in [-0.25, -0.2) is 5.84 Å². The van der Waals surface area contributed by atoms with Crippen LogP contribution in [0, 0.1) is 0 Å². The Labute approximate surface area is 156 Å². The van der Waals surface area contributed by atoms with E-state index in [1.165, 1.54) is 9.69 Å². The lowest BCUT2D eigenvalue weighted by Crippen LogP contribution is -2.38. The summed E-state index contributed by atoms with van der Waals surface area (Å²) in [6, 6.07) is 7.60. The maximum absolute atomic E-state index is 5.92. The average Bonchev–Trinajstić information content (AvgIpc) is 3.05. The smallest absolute Gasteiger partial charge is 0.247 e. The third-order valence-corrected chi connectivity index (χ3v) is 4.45. The second kappa shape index (κ2) is 7.96. The van der Waals surface area contributed by atoms with Gasteiger partial charge in [0.15, 0.2) is 0 Å². The lowest BCUT2D eigenvalue weighted by molar-refractivity contribution is 0.122. The monoisotopic (exact) mass is 381 g/mol. The standard InChI is InChI=1S/C15H20ClN7OS/c1-21(17)15(25)23-13(18-10-11-2-4-12(16)5-3-11)19-14(20-23)22-6-8-24-9-7-22/h2-5H,6-10,17H2,1H3,(H,18,19,20). The number of nitrogens with two attached hydrogens (primary N) is 1. The summed E-state index contributed by atoms with van der Waals surface area (Å²) < 4.78 is 6.91. The van der Waals surface area contributed by atoms with Crippen LogP contribution in [0.2, 0.25) is 5.02 Å². The number of hydrazine groups is 1. The van der Waals surface area contributed by atoms with Crippen molar-refractivity contribution >= 4 is 40.8 Å². The molecule has 8 nitrogen and oxygen atoms in total. The molecule has 1 fully saturated rings. The van der Waals surface area contributed by atoms with Crippen molar-refractivity contribution < 1.29 is 4.74 Å². The van der Waals surface area contributed by atoms with E-state index in [9.17, 15) is 0 Å². The summed E-state index contributed by atoms with van der Waals surface area (Å²) in [4.78, 5) is 6.65. The quantitative estimate of drug-likeness (QED) is 0.466. The van der Waals surface area contributed by atoms with Gasteiger partial charge in [0, 0.05) is 31.7 Å². The van der Waals surface area contributed by atoms with Crippen molar-refractivity contribution in [2.45, 2.75) is 6.54 Å². The molecule has 1 aliphatic rings. The second-order valence-electron chi connectivity index (χ2n) is 5.62. The third-order valence-electron chi connectivity index (χ3n) is 3.74. The summed E-state index contributed by atoms with van der Waals surface area (Å²) >= 11 is 11.3. The zero-order valence-electron chi connectivity index (χ0n) is 13.9. The molecular formula is C15H20ClN7OS. The van der Waals surface area contributed by atoms with E-state index in [0.717, 1.165) is 18.7 Å². The maximum Gasteiger partial charge on any atom is 0.247 e. The van der Waals surface area contributed by atoms with Crippen LogP contribution in [0.15, 0.2) is 24.3 Å². The van der Waals surface area contributed by atoms with Crippen LogP contribution in [-0.4, -0.2) is 58.2 Å². The molecule has 1 aromatic carbocycles. The molecule has 134 valence electrons. The van der Waals surface area contributed by atoms with Crippen molar-refractivity contribution in [3.63, 3.8) is 0 Å². The molecule has 1 saturated heterocycles. The topological polar surface area (TPSA) is 84.5 Å². The summed E-state index contributed by atoms with van der Waals surface area (Å²) in [7, 11) is 1.67. The van der Waals surface area contributed by atoms with Gasteiger partial charge >= 0.3 is 0 Å². The van der Waals surface area contributed by atoms with Gasteiger partial charge in [0.05, 0.1) is 13.2 Å². The molecule has 0 atom stereocenters. The first-order valence-electron chi connectivity index (χ1n) is 7.85.